The van der Waals surface area contributed by atoms with Gasteiger partial charge in [-0.15, -0.1) is 0 Å². The SMILES string of the molecule is CCC(=O)C(C)NC(=O)c1c(OC)cccc1OC. The standard InChI is InChI=1S/C14H19NO4/c1-5-10(16)9(2)15-14(17)13-11(18-3)7-6-8-12(13)19-4/h6-9H,5H2,1-4H3,(H,15,17). The molecule has 1 atom stereocenters. The maximum absolute atomic E-state index is 12.2. The van der Waals surface area contributed by atoms with Crippen LogP contribution in [0, 0.1) is 0 Å². The largest absolute Gasteiger partial charge is 0.496 e. The van der Waals surface area contributed by atoms with E-state index in [2.05, 4.69) is 5.32 Å². The Hall–Kier alpha value is -2.04. The Bertz CT molecular complexity index is 448. The van der Waals surface area contributed by atoms with Crippen LogP contribution >= 0.6 is 0 Å². The maximum atomic E-state index is 12.2. The number of rotatable bonds is 6. The van der Waals surface area contributed by atoms with E-state index in [0.717, 1.165) is 0 Å². The summed E-state index contributed by atoms with van der Waals surface area (Å²) >= 11 is 0. The molecule has 104 valence electrons. The number of hydrogen-bond donors (Lipinski definition) is 1. The number of ketones is 1. The Morgan fingerprint density at radius 1 is 1.21 bits per heavy atom. The zero-order valence-electron chi connectivity index (χ0n) is 11.6. The summed E-state index contributed by atoms with van der Waals surface area (Å²) in [6.07, 6.45) is 0.379. The Morgan fingerprint density at radius 3 is 2.16 bits per heavy atom. The van der Waals surface area contributed by atoms with Gasteiger partial charge < -0.3 is 14.8 Å². The van der Waals surface area contributed by atoms with Gasteiger partial charge in [-0.05, 0) is 19.1 Å². The van der Waals surface area contributed by atoms with Crippen LogP contribution in [-0.4, -0.2) is 32.0 Å². The highest BCUT2D eigenvalue weighted by Gasteiger charge is 2.21. The molecule has 0 fully saturated rings. The van der Waals surface area contributed by atoms with Crippen molar-refractivity contribution in [2.75, 3.05) is 14.2 Å². The molecular formula is C14H19NO4. The van der Waals surface area contributed by atoms with E-state index in [1.807, 2.05) is 0 Å². The number of benzene rings is 1. The molecule has 0 aliphatic carbocycles. The van der Waals surface area contributed by atoms with E-state index in [9.17, 15) is 9.59 Å². The van der Waals surface area contributed by atoms with Gasteiger partial charge >= 0.3 is 0 Å². The van der Waals surface area contributed by atoms with Crippen molar-refractivity contribution in [2.24, 2.45) is 0 Å². The summed E-state index contributed by atoms with van der Waals surface area (Å²) in [4.78, 5) is 23.7. The number of methoxy groups -OCH3 is 2. The van der Waals surface area contributed by atoms with Gasteiger partial charge in [0.1, 0.15) is 17.1 Å². The van der Waals surface area contributed by atoms with Crippen molar-refractivity contribution in [3.63, 3.8) is 0 Å². The molecule has 0 radical (unpaired) electrons. The molecule has 0 spiro atoms. The summed E-state index contributed by atoms with van der Waals surface area (Å²) in [6.45, 7) is 3.42. The second-order valence-electron chi connectivity index (χ2n) is 4.05. The summed E-state index contributed by atoms with van der Waals surface area (Å²) in [5.41, 5.74) is 0.295. The van der Waals surface area contributed by atoms with E-state index >= 15 is 0 Å². The Balaban J connectivity index is 3.01. The number of nitrogens with one attached hydrogen (secondary N) is 1. The lowest BCUT2D eigenvalue weighted by atomic mass is 10.1. The fourth-order valence-electron chi connectivity index (χ4n) is 1.73. The number of hydrogen-bond acceptors (Lipinski definition) is 4. The Kier molecular flexibility index (Phi) is 5.36. The summed E-state index contributed by atoms with van der Waals surface area (Å²) in [5.74, 6) is 0.409. The normalized spacial score (nSPS) is 11.6. The van der Waals surface area contributed by atoms with Gasteiger partial charge in [-0.3, -0.25) is 9.59 Å². The molecule has 0 aliphatic rings. The van der Waals surface area contributed by atoms with Gasteiger partial charge in [0.25, 0.3) is 5.91 Å². The third-order valence-electron chi connectivity index (χ3n) is 2.83. The van der Waals surface area contributed by atoms with Gasteiger partial charge in [0.2, 0.25) is 0 Å². The Labute approximate surface area is 112 Å². The molecule has 5 nitrogen and oxygen atoms in total. The van der Waals surface area contributed by atoms with Gasteiger partial charge in [-0.2, -0.15) is 0 Å². The molecule has 0 aliphatic heterocycles. The molecule has 1 aromatic carbocycles. The van der Waals surface area contributed by atoms with E-state index in [1.165, 1.54) is 14.2 Å². The lowest BCUT2D eigenvalue weighted by Gasteiger charge is -2.16. The average molecular weight is 265 g/mol. The first-order valence-electron chi connectivity index (χ1n) is 6.09. The van der Waals surface area contributed by atoms with Crippen molar-refractivity contribution in [3.05, 3.63) is 23.8 Å². The topological polar surface area (TPSA) is 64.6 Å². The smallest absolute Gasteiger partial charge is 0.259 e. The van der Waals surface area contributed by atoms with Crippen molar-refractivity contribution in [3.8, 4) is 11.5 Å². The van der Waals surface area contributed by atoms with Crippen LogP contribution in [0.3, 0.4) is 0 Å². The zero-order valence-corrected chi connectivity index (χ0v) is 11.6. The molecule has 0 saturated heterocycles. The van der Waals surface area contributed by atoms with Gasteiger partial charge in [0, 0.05) is 6.42 Å². The molecule has 0 aromatic heterocycles. The third kappa shape index (κ3) is 3.47. The van der Waals surface area contributed by atoms with Crippen LogP contribution in [0.4, 0.5) is 0 Å². The summed E-state index contributed by atoms with van der Waals surface area (Å²) in [5, 5.41) is 2.65. The molecule has 0 heterocycles. The summed E-state index contributed by atoms with van der Waals surface area (Å²) in [6, 6.07) is 4.54. The molecule has 1 unspecified atom stereocenters. The lowest BCUT2D eigenvalue weighted by Crippen LogP contribution is -2.38. The second-order valence-corrected chi connectivity index (χ2v) is 4.05. The molecule has 1 N–H and O–H groups in total. The van der Waals surface area contributed by atoms with Crippen molar-refractivity contribution in [2.45, 2.75) is 26.3 Å². The number of carbonyl (C=O) groups excluding carboxylic acids is 2. The van der Waals surface area contributed by atoms with Crippen LogP contribution in [0.15, 0.2) is 18.2 Å². The first-order chi connectivity index (χ1) is 9.04. The monoisotopic (exact) mass is 265 g/mol. The van der Waals surface area contributed by atoms with Gasteiger partial charge in [0.05, 0.1) is 20.3 Å². The molecule has 1 rings (SSSR count). The van der Waals surface area contributed by atoms with E-state index in [1.54, 1.807) is 32.0 Å². The fourth-order valence-corrected chi connectivity index (χ4v) is 1.73. The molecule has 5 heteroatoms. The van der Waals surface area contributed by atoms with Crippen molar-refractivity contribution in [1.29, 1.82) is 0 Å². The first-order valence-corrected chi connectivity index (χ1v) is 6.09. The van der Waals surface area contributed by atoms with Crippen LogP contribution in [-0.2, 0) is 4.79 Å². The van der Waals surface area contributed by atoms with Crippen molar-refractivity contribution >= 4 is 11.7 Å². The molecule has 0 bridgehead atoms. The molecule has 1 amide bonds. The third-order valence-corrected chi connectivity index (χ3v) is 2.83. The van der Waals surface area contributed by atoms with Crippen LogP contribution in [0.2, 0.25) is 0 Å². The van der Waals surface area contributed by atoms with Crippen LogP contribution in [0.5, 0.6) is 11.5 Å². The average Bonchev–Trinajstić information content (AvgIpc) is 2.44. The van der Waals surface area contributed by atoms with Crippen molar-refractivity contribution < 1.29 is 19.1 Å². The van der Waals surface area contributed by atoms with E-state index in [0.29, 0.717) is 23.5 Å². The molecule has 19 heavy (non-hydrogen) atoms. The van der Waals surface area contributed by atoms with Crippen LogP contribution < -0.4 is 14.8 Å². The minimum absolute atomic E-state index is 0.0257. The minimum Gasteiger partial charge on any atom is -0.496 e. The molecule has 0 saturated carbocycles. The quantitative estimate of drug-likeness (QED) is 0.851. The highest BCUT2D eigenvalue weighted by Crippen LogP contribution is 2.28. The maximum Gasteiger partial charge on any atom is 0.259 e. The predicted molar refractivity (Wildman–Crippen MR) is 71.8 cm³/mol. The summed E-state index contributed by atoms with van der Waals surface area (Å²) < 4.78 is 10.3. The summed E-state index contributed by atoms with van der Waals surface area (Å²) in [7, 11) is 2.96. The van der Waals surface area contributed by atoms with E-state index in [4.69, 9.17) is 9.47 Å². The lowest BCUT2D eigenvalue weighted by molar-refractivity contribution is -0.120. The Morgan fingerprint density at radius 2 is 1.74 bits per heavy atom. The number of carbonyl (C=O) groups is 2. The van der Waals surface area contributed by atoms with Gasteiger partial charge in [-0.1, -0.05) is 13.0 Å². The number of ether oxygens (including phenoxy) is 2. The molecular weight excluding hydrogens is 246 g/mol. The van der Waals surface area contributed by atoms with Crippen LogP contribution in [0.25, 0.3) is 0 Å². The van der Waals surface area contributed by atoms with E-state index in [-0.39, 0.29) is 11.7 Å². The second kappa shape index (κ2) is 6.78. The highest BCUT2D eigenvalue weighted by atomic mass is 16.5. The number of Topliss-reactive ketones (excluding diaryl/α,β-unsaturated/α-hetero) is 1. The number of amides is 1. The minimum atomic E-state index is -0.535. The van der Waals surface area contributed by atoms with Gasteiger partial charge in [0.15, 0.2) is 5.78 Å². The highest BCUT2D eigenvalue weighted by molar-refractivity contribution is 6.02. The fraction of sp³-hybridized carbons (Fsp3) is 0.429. The van der Waals surface area contributed by atoms with E-state index < -0.39 is 6.04 Å². The predicted octanol–water partition coefficient (Wildman–Crippen LogP) is 1.80. The first kappa shape index (κ1) is 15.0. The van der Waals surface area contributed by atoms with Gasteiger partial charge in [-0.25, -0.2) is 0 Å². The van der Waals surface area contributed by atoms with Crippen LogP contribution in [0.1, 0.15) is 30.6 Å². The zero-order chi connectivity index (χ0) is 14.4. The van der Waals surface area contributed by atoms with Crippen molar-refractivity contribution in [1.82, 2.24) is 5.32 Å². The molecule has 1 aromatic rings.